The minimum absolute atomic E-state index is 0.0755. The molecule has 0 aliphatic rings. The summed E-state index contributed by atoms with van der Waals surface area (Å²) in [5.74, 6) is -0.711. The molecule has 0 bridgehead atoms. The second kappa shape index (κ2) is 7.38. The number of carbonyl (C=O) groups is 2. The topological polar surface area (TPSA) is 132 Å². The van der Waals surface area contributed by atoms with Crippen LogP contribution in [-0.2, 0) is 20.8 Å². The number of hydrogen-bond donors (Lipinski definition) is 2. The first-order chi connectivity index (χ1) is 10.2. The summed E-state index contributed by atoms with van der Waals surface area (Å²) in [6, 6.07) is 0. The molecular formula is C12H17N4O6. The lowest BCUT2D eigenvalue weighted by Crippen LogP contribution is -2.38. The SMILES string of the molecule is CC(C)(C)OC(=O)NCC(=O)OCCn1[c]n[nH]c(=O)c1=O. The Balaban J connectivity index is 2.32. The summed E-state index contributed by atoms with van der Waals surface area (Å²) >= 11 is 0. The van der Waals surface area contributed by atoms with Crippen molar-refractivity contribution in [1.29, 1.82) is 0 Å². The first-order valence-electron chi connectivity index (χ1n) is 6.39. The molecule has 0 aromatic carbocycles. The van der Waals surface area contributed by atoms with Gasteiger partial charge >= 0.3 is 23.2 Å². The predicted molar refractivity (Wildman–Crippen MR) is 73.1 cm³/mol. The summed E-state index contributed by atoms with van der Waals surface area (Å²) < 4.78 is 10.6. The van der Waals surface area contributed by atoms with Crippen LogP contribution in [0.1, 0.15) is 20.8 Å². The molecule has 1 radical (unpaired) electrons. The maximum atomic E-state index is 11.4. The Kier molecular flexibility index (Phi) is 5.84. The number of aromatic amines is 1. The number of nitrogens with zero attached hydrogens (tertiary/aromatic N) is 2. The third-order valence-corrected chi connectivity index (χ3v) is 2.12. The summed E-state index contributed by atoms with van der Waals surface area (Å²) in [5.41, 5.74) is -2.41. The van der Waals surface area contributed by atoms with Gasteiger partial charge in [0.05, 0.1) is 6.54 Å². The molecule has 0 spiro atoms. The van der Waals surface area contributed by atoms with Crippen LogP contribution >= 0.6 is 0 Å². The Morgan fingerprint density at radius 3 is 2.68 bits per heavy atom. The van der Waals surface area contributed by atoms with Crippen molar-refractivity contribution in [3.05, 3.63) is 27.0 Å². The summed E-state index contributed by atoms with van der Waals surface area (Å²) in [6.07, 6.45) is 1.50. The highest BCUT2D eigenvalue weighted by atomic mass is 16.6. The van der Waals surface area contributed by atoms with Crippen molar-refractivity contribution in [2.45, 2.75) is 32.9 Å². The van der Waals surface area contributed by atoms with Gasteiger partial charge in [0.25, 0.3) is 0 Å². The number of ether oxygens (including phenoxy) is 2. The lowest BCUT2D eigenvalue weighted by atomic mass is 10.2. The Hall–Kier alpha value is -2.65. The van der Waals surface area contributed by atoms with Crippen LogP contribution in [-0.4, -0.2) is 45.6 Å². The van der Waals surface area contributed by atoms with E-state index in [0.29, 0.717) is 0 Å². The number of esters is 1. The van der Waals surface area contributed by atoms with Crippen molar-refractivity contribution in [3.8, 4) is 0 Å². The zero-order chi connectivity index (χ0) is 16.8. The van der Waals surface area contributed by atoms with Crippen molar-refractivity contribution >= 4 is 12.1 Å². The molecule has 0 aliphatic carbocycles. The quantitative estimate of drug-likeness (QED) is 0.515. The average molecular weight is 313 g/mol. The molecule has 1 aromatic heterocycles. The molecule has 1 heterocycles. The monoisotopic (exact) mass is 313 g/mol. The number of H-pyrrole nitrogens is 1. The molecule has 1 rings (SSSR count). The van der Waals surface area contributed by atoms with E-state index >= 15 is 0 Å². The third kappa shape index (κ3) is 6.20. The summed E-state index contributed by atoms with van der Waals surface area (Å²) in [7, 11) is 0. The van der Waals surface area contributed by atoms with E-state index in [1.807, 2.05) is 5.10 Å². The molecule has 0 fully saturated rings. The van der Waals surface area contributed by atoms with Crippen LogP contribution in [0, 0.1) is 6.33 Å². The van der Waals surface area contributed by atoms with Gasteiger partial charge in [-0.2, -0.15) is 5.10 Å². The Morgan fingerprint density at radius 1 is 1.36 bits per heavy atom. The van der Waals surface area contributed by atoms with Crippen LogP contribution in [0.2, 0.25) is 0 Å². The van der Waals surface area contributed by atoms with Gasteiger partial charge in [-0.05, 0) is 20.8 Å². The molecule has 22 heavy (non-hydrogen) atoms. The van der Waals surface area contributed by atoms with Gasteiger partial charge < -0.3 is 14.8 Å². The summed E-state index contributed by atoms with van der Waals surface area (Å²) in [5, 5.41) is 7.48. The van der Waals surface area contributed by atoms with E-state index in [9.17, 15) is 19.2 Å². The molecule has 10 nitrogen and oxygen atoms in total. The fourth-order valence-corrected chi connectivity index (χ4v) is 1.26. The molecule has 1 aromatic rings. The van der Waals surface area contributed by atoms with Gasteiger partial charge in [0, 0.05) is 0 Å². The lowest BCUT2D eigenvalue weighted by molar-refractivity contribution is -0.142. The molecular weight excluding hydrogens is 296 g/mol. The smallest absolute Gasteiger partial charge is 0.408 e. The molecule has 0 saturated carbocycles. The van der Waals surface area contributed by atoms with E-state index in [0.717, 1.165) is 4.57 Å². The standard InChI is InChI=1S/C12H17N4O6/c1-12(2,3)22-11(20)13-6-8(17)21-5-4-16-7-14-15-9(18)10(16)19/h4-6H2,1-3H3,(H,13,20)(H,15,18). The maximum Gasteiger partial charge on any atom is 0.408 e. The first-order valence-corrected chi connectivity index (χ1v) is 6.39. The third-order valence-electron chi connectivity index (χ3n) is 2.12. The van der Waals surface area contributed by atoms with Gasteiger partial charge in [-0.3, -0.25) is 19.0 Å². The predicted octanol–water partition coefficient (Wildman–Crippen LogP) is -1.20. The second-order valence-corrected chi connectivity index (χ2v) is 5.19. The van der Waals surface area contributed by atoms with Crippen molar-refractivity contribution < 1.29 is 19.1 Å². The fraction of sp³-hybridized carbons (Fsp3) is 0.583. The lowest BCUT2D eigenvalue weighted by Gasteiger charge is -2.19. The highest BCUT2D eigenvalue weighted by Gasteiger charge is 2.16. The number of alkyl carbamates (subject to hydrolysis) is 1. The molecule has 10 heteroatoms. The Labute approximate surface area is 125 Å². The van der Waals surface area contributed by atoms with Gasteiger partial charge in [0.15, 0.2) is 0 Å². The zero-order valence-corrected chi connectivity index (χ0v) is 12.5. The van der Waals surface area contributed by atoms with E-state index in [2.05, 4.69) is 16.7 Å². The average Bonchev–Trinajstić information content (AvgIpc) is 2.39. The summed E-state index contributed by atoms with van der Waals surface area (Å²) in [4.78, 5) is 45.0. The number of rotatable bonds is 5. The molecule has 0 aliphatic heterocycles. The van der Waals surface area contributed by atoms with Gasteiger partial charge in [-0.1, -0.05) is 0 Å². The van der Waals surface area contributed by atoms with E-state index in [-0.39, 0.29) is 19.7 Å². The van der Waals surface area contributed by atoms with Crippen LogP contribution in [0.5, 0.6) is 0 Å². The highest BCUT2D eigenvalue weighted by Crippen LogP contribution is 2.06. The van der Waals surface area contributed by atoms with Crippen molar-refractivity contribution in [1.82, 2.24) is 20.1 Å². The number of carbonyl (C=O) groups excluding carboxylic acids is 2. The van der Waals surface area contributed by atoms with Crippen LogP contribution < -0.4 is 16.4 Å². The molecule has 0 atom stereocenters. The van der Waals surface area contributed by atoms with Crippen LogP contribution in [0.15, 0.2) is 9.59 Å². The largest absolute Gasteiger partial charge is 0.462 e. The van der Waals surface area contributed by atoms with E-state index in [1.165, 1.54) is 0 Å². The van der Waals surface area contributed by atoms with E-state index in [4.69, 9.17) is 9.47 Å². The number of hydrogen-bond acceptors (Lipinski definition) is 7. The van der Waals surface area contributed by atoms with Gasteiger partial charge in [-0.15, -0.1) is 0 Å². The zero-order valence-electron chi connectivity index (χ0n) is 12.5. The molecule has 121 valence electrons. The van der Waals surface area contributed by atoms with Gasteiger partial charge in [-0.25, -0.2) is 9.89 Å². The van der Waals surface area contributed by atoms with Crippen LogP contribution in [0.3, 0.4) is 0 Å². The second-order valence-electron chi connectivity index (χ2n) is 5.19. The minimum atomic E-state index is -0.892. The van der Waals surface area contributed by atoms with Crippen molar-refractivity contribution in [3.63, 3.8) is 0 Å². The van der Waals surface area contributed by atoms with Crippen LogP contribution in [0.25, 0.3) is 0 Å². The molecule has 2 N–H and O–H groups in total. The Bertz CT molecular complexity index is 642. The molecule has 0 saturated heterocycles. The molecule has 0 unspecified atom stereocenters. The fourth-order valence-electron chi connectivity index (χ4n) is 1.26. The van der Waals surface area contributed by atoms with Gasteiger partial charge in [0.1, 0.15) is 18.8 Å². The summed E-state index contributed by atoms with van der Waals surface area (Å²) in [6.45, 7) is 4.45. The van der Waals surface area contributed by atoms with Crippen molar-refractivity contribution in [2.24, 2.45) is 0 Å². The van der Waals surface area contributed by atoms with Crippen molar-refractivity contribution in [2.75, 3.05) is 13.2 Å². The van der Waals surface area contributed by atoms with E-state index in [1.54, 1.807) is 20.8 Å². The number of amides is 1. The first kappa shape index (κ1) is 17.4. The normalized spacial score (nSPS) is 10.9. The van der Waals surface area contributed by atoms with Crippen LogP contribution in [0.4, 0.5) is 4.79 Å². The maximum absolute atomic E-state index is 11.4. The number of nitrogens with one attached hydrogen (secondary N) is 2. The van der Waals surface area contributed by atoms with Gasteiger partial charge in [0.2, 0.25) is 6.33 Å². The van der Waals surface area contributed by atoms with E-state index < -0.39 is 28.8 Å². The number of aromatic nitrogens is 3. The highest BCUT2D eigenvalue weighted by molar-refractivity contribution is 5.77. The Morgan fingerprint density at radius 2 is 2.05 bits per heavy atom. The minimum Gasteiger partial charge on any atom is -0.462 e. The molecule has 1 amide bonds.